The zero-order valence-corrected chi connectivity index (χ0v) is 15.6. The summed E-state index contributed by atoms with van der Waals surface area (Å²) in [4.78, 5) is 18.9. The molecule has 6 heteroatoms. The maximum atomic E-state index is 12.6. The van der Waals surface area contributed by atoms with Gasteiger partial charge in [-0.05, 0) is 61.4 Å². The summed E-state index contributed by atoms with van der Waals surface area (Å²) in [6.45, 7) is 4.62. The normalized spacial score (nSPS) is 16.8. The van der Waals surface area contributed by atoms with Crippen molar-refractivity contribution < 1.29 is 14.1 Å². The Kier molecular flexibility index (Phi) is 4.39. The van der Waals surface area contributed by atoms with Crippen LogP contribution in [0.1, 0.15) is 29.4 Å². The predicted molar refractivity (Wildman–Crippen MR) is 102 cm³/mol. The molecular weight excluding hydrogens is 342 g/mol. The van der Waals surface area contributed by atoms with Crippen molar-refractivity contribution in [2.75, 3.05) is 18.6 Å². The SMILES string of the molecule is COc1ccc(-c2noc([C@H]3CC(=O)N(c4cc(C)cc(C)c4)C3)n2)cc1. The Bertz CT molecular complexity index is 958. The highest BCUT2D eigenvalue weighted by Gasteiger charge is 2.35. The lowest BCUT2D eigenvalue weighted by Gasteiger charge is -2.17. The third kappa shape index (κ3) is 3.43. The molecule has 1 amide bonds. The van der Waals surface area contributed by atoms with Crippen LogP contribution in [0.3, 0.4) is 0 Å². The molecule has 138 valence electrons. The molecule has 0 unspecified atom stereocenters. The van der Waals surface area contributed by atoms with Crippen molar-refractivity contribution in [3.8, 4) is 17.1 Å². The zero-order valence-electron chi connectivity index (χ0n) is 15.6. The van der Waals surface area contributed by atoms with E-state index in [2.05, 4.69) is 16.2 Å². The van der Waals surface area contributed by atoms with Crippen molar-refractivity contribution in [3.63, 3.8) is 0 Å². The second kappa shape index (κ2) is 6.87. The van der Waals surface area contributed by atoms with E-state index in [9.17, 15) is 4.79 Å². The number of aromatic nitrogens is 2. The summed E-state index contributed by atoms with van der Waals surface area (Å²) in [5.41, 5.74) is 4.05. The molecule has 0 radical (unpaired) electrons. The standard InChI is InChI=1S/C21H21N3O3/c1-13-8-14(2)10-17(9-13)24-12-16(11-19(24)25)21-22-20(23-27-21)15-4-6-18(26-3)7-5-15/h4-10,16H,11-12H2,1-3H3/t16-/m0/s1. The van der Waals surface area contributed by atoms with E-state index in [1.807, 2.05) is 55.1 Å². The third-order valence-electron chi connectivity index (χ3n) is 4.78. The molecule has 0 spiro atoms. The lowest BCUT2D eigenvalue weighted by Crippen LogP contribution is -2.24. The molecule has 27 heavy (non-hydrogen) atoms. The first kappa shape index (κ1) is 17.3. The van der Waals surface area contributed by atoms with Gasteiger partial charge in [0.05, 0.1) is 13.0 Å². The Morgan fingerprint density at radius 1 is 1.11 bits per heavy atom. The minimum absolute atomic E-state index is 0.0780. The number of carbonyl (C=O) groups is 1. The smallest absolute Gasteiger partial charge is 0.232 e. The molecule has 0 saturated carbocycles. The molecule has 1 aliphatic rings. The Labute approximate surface area is 157 Å². The molecule has 1 fully saturated rings. The Morgan fingerprint density at radius 3 is 2.48 bits per heavy atom. The molecule has 3 aromatic rings. The van der Waals surface area contributed by atoms with Crippen LogP contribution < -0.4 is 9.64 Å². The Morgan fingerprint density at radius 2 is 1.81 bits per heavy atom. The predicted octanol–water partition coefficient (Wildman–Crippen LogP) is 3.88. The minimum atomic E-state index is -0.0992. The summed E-state index contributed by atoms with van der Waals surface area (Å²) in [6, 6.07) is 13.6. The first-order valence-corrected chi connectivity index (χ1v) is 8.90. The molecule has 1 saturated heterocycles. The number of methoxy groups -OCH3 is 1. The molecule has 1 aliphatic heterocycles. The average molecular weight is 363 g/mol. The van der Waals surface area contributed by atoms with Crippen molar-refractivity contribution in [2.24, 2.45) is 0 Å². The zero-order chi connectivity index (χ0) is 19.0. The lowest BCUT2D eigenvalue weighted by molar-refractivity contribution is -0.117. The number of hydrogen-bond donors (Lipinski definition) is 0. The molecule has 0 bridgehead atoms. The summed E-state index contributed by atoms with van der Waals surface area (Å²) in [6.07, 6.45) is 0.372. The molecule has 2 aromatic carbocycles. The van der Waals surface area contributed by atoms with Crippen LogP contribution in [0.15, 0.2) is 47.0 Å². The largest absolute Gasteiger partial charge is 0.497 e. The van der Waals surface area contributed by atoms with Crippen molar-refractivity contribution in [3.05, 3.63) is 59.5 Å². The van der Waals surface area contributed by atoms with Crippen LogP contribution in [-0.2, 0) is 4.79 Å². The van der Waals surface area contributed by atoms with Gasteiger partial charge in [0.15, 0.2) is 0 Å². The molecule has 4 rings (SSSR count). The fourth-order valence-electron chi connectivity index (χ4n) is 3.49. The number of nitrogens with zero attached hydrogens (tertiary/aromatic N) is 3. The van der Waals surface area contributed by atoms with Crippen molar-refractivity contribution in [1.82, 2.24) is 10.1 Å². The quantitative estimate of drug-likeness (QED) is 0.703. The first-order chi connectivity index (χ1) is 13.0. The molecule has 0 N–H and O–H groups in total. The van der Waals surface area contributed by atoms with Crippen LogP contribution in [0.4, 0.5) is 5.69 Å². The maximum Gasteiger partial charge on any atom is 0.232 e. The second-order valence-electron chi connectivity index (χ2n) is 6.94. The van der Waals surface area contributed by atoms with Gasteiger partial charge in [-0.25, -0.2) is 0 Å². The van der Waals surface area contributed by atoms with E-state index in [-0.39, 0.29) is 11.8 Å². The molecule has 1 atom stereocenters. The Hall–Kier alpha value is -3.15. The van der Waals surface area contributed by atoms with Crippen molar-refractivity contribution in [1.29, 1.82) is 0 Å². The van der Waals surface area contributed by atoms with Crippen molar-refractivity contribution in [2.45, 2.75) is 26.2 Å². The van der Waals surface area contributed by atoms with E-state index < -0.39 is 0 Å². The summed E-state index contributed by atoms with van der Waals surface area (Å²) in [7, 11) is 1.63. The van der Waals surface area contributed by atoms with Gasteiger partial charge in [0.25, 0.3) is 0 Å². The van der Waals surface area contributed by atoms with Gasteiger partial charge in [0.1, 0.15) is 5.75 Å². The monoisotopic (exact) mass is 363 g/mol. The van der Waals surface area contributed by atoms with Crippen LogP contribution in [0, 0.1) is 13.8 Å². The van der Waals surface area contributed by atoms with E-state index in [0.29, 0.717) is 24.7 Å². The summed E-state index contributed by atoms with van der Waals surface area (Å²) >= 11 is 0. The van der Waals surface area contributed by atoms with Gasteiger partial charge in [0, 0.05) is 24.2 Å². The van der Waals surface area contributed by atoms with E-state index >= 15 is 0 Å². The summed E-state index contributed by atoms with van der Waals surface area (Å²) in [5.74, 6) is 1.77. The molecular formula is C21H21N3O3. The highest BCUT2D eigenvalue weighted by atomic mass is 16.5. The number of hydrogen-bond acceptors (Lipinski definition) is 5. The van der Waals surface area contributed by atoms with Gasteiger partial charge in [-0.1, -0.05) is 11.2 Å². The average Bonchev–Trinajstić information content (AvgIpc) is 3.28. The number of ether oxygens (including phenoxy) is 1. The fourth-order valence-corrected chi connectivity index (χ4v) is 3.49. The van der Waals surface area contributed by atoms with Crippen molar-refractivity contribution >= 4 is 11.6 Å². The fraction of sp³-hybridized carbons (Fsp3) is 0.286. The highest BCUT2D eigenvalue weighted by molar-refractivity contribution is 5.96. The van der Waals surface area contributed by atoms with Gasteiger partial charge in [0.2, 0.25) is 17.6 Å². The van der Waals surface area contributed by atoms with Crippen LogP contribution in [0.5, 0.6) is 5.75 Å². The van der Waals surface area contributed by atoms with Crippen LogP contribution in [0.2, 0.25) is 0 Å². The van der Waals surface area contributed by atoms with Gasteiger partial charge in [-0.15, -0.1) is 0 Å². The number of aryl methyl sites for hydroxylation is 2. The van der Waals surface area contributed by atoms with E-state index in [1.165, 1.54) is 0 Å². The first-order valence-electron chi connectivity index (χ1n) is 8.90. The van der Waals surface area contributed by atoms with Crippen LogP contribution in [0.25, 0.3) is 11.4 Å². The molecule has 0 aliphatic carbocycles. The third-order valence-corrected chi connectivity index (χ3v) is 4.78. The minimum Gasteiger partial charge on any atom is -0.497 e. The molecule has 2 heterocycles. The number of benzene rings is 2. The van der Waals surface area contributed by atoms with Crippen LogP contribution in [-0.4, -0.2) is 29.7 Å². The topological polar surface area (TPSA) is 68.5 Å². The second-order valence-corrected chi connectivity index (χ2v) is 6.94. The summed E-state index contributed by atoms with van der Waals surface area (Å²) < 4.78 is 10.6. The number of carbonyl (C=O) groups excluding carboxylic acids is 1. The highest BCUT2D eigenvalue weighted by Crippen LogP contribution is 2.33. The van der Waals surface area contributed by atoms with Crippen LogP contribution >= 0.6 is 0 Å². The van der Waals surface area contributed by atoms with Gasteiger partial charge < -0.3 is 14.2 Å². The van der Waals surface area contributed by atoms with Gasteiger partial charge in [-0.2, -0.15) is 4.98 Å². The van der Waals surface area contributed by atoms with E-state index in [1.54, 1.807) is 7.11 Å². The van der Waals surface area contributed by atoms with E-state index in [0.717, 1.165) is 28.1 Å². The number of anilines is 1. The van der Waals surface area contributed by atoms with E-state index in [4.69, 9.17) is 9.26 Å². The number of amides is 1. The molecule has 6 nitrogen and oxygen atoms in total. The number of rotatable bonds is 4. The Balaban J connectivity index is 1.54. The van der Waals surface area contributed by atoms with Gasteiger partial charge >= 0.3 is 0 Å². The maximum absolute atomic E-state index is 12.6. The lowest BCUT2D eigenvalue weighted by atomic mass is 10.1. The van der Waals surface area contributed by atoms with Gasteiger partial charge in [-0.3, -0.25) is 4.79 Å². The molecule has 1 aromatic heterocycles. The summed E-state index contributed by atoms with van der Waals surface area (Å²) in [5, 5.41) is 4.08.